The molecule has 4 nitrogen and oxygen atoms in total. The van der Waals surface area contributed by atoms with Crippen LogP contribution in [0.2, 0.25) is 0 Å². The molecule has 21 heavy (non-hydrogen) atoms. The molecule has 0 saturated carbocycles. The number of nitrogens with one attached hydrogen (secondary N) is 1. The first kappa shape index (κ1) is 14.3. The van der Waals surface area contributed by atoms with Crippen molar-refractivity contribution in [1.29, 1.82) is 0 Å². The van der Waals surface area contributed by atoms with E-state index in [4.69, 9.17) is 4.52 Å². The maximum Gasteiger partial charge on any atom is 0.228 e. The number of nitrogens with zero attached hydrogens (tertiary/aromatic N) is 2. The van der Waals surface area contributed by atoms with Gasteiger partial charge in [0.1, 0.15) is 0 Å². The van der Waals surface area contributed by atoms with Crippen LogP contribution in [0, 0.1) is 0 Å². The van der Waals surface area contributed by atoms with Crippen molar-refractivity contribution in [3.8, 4) is 0 Å². The second-order valence-electron chi connectivity index (χ2n) is 5.75. The predicted octanol–water partition coefficient (Wildman–Crippen LogP) is 3.08. The summed E-state index contributed by atoms with van der Waals surface area (Å²) >= 11 is 0. The highest BCUT2D eigenvalue weighted by Crippen LogP contribution is 2.38. The molecule has 1 aromatic heterocycles. The van der Waals surface area contributed by atoms with Gasteiger partial charge in [-0.1, -0.05) is 49.7 Å². The number of aromatic nitrogens is 2. The molecule has 112 valence electrons. The van der Waals surface area contributed by atoms with Crippen molar-refractivity contribution in [3.05, 3.63) is 47.1 Å². The Morgan fingerprint density at radius 3 is 2.95 bits per heavy atom. The maximum atomic E-state index is 5.46. The van der Waals surface area contributed by atoms with E-state index in [0.717, 1.165) is 43.9 Å². The fourth-order valence-corrected chi connectivity index (χ4v) is 3.11. The molecule has 1 heterocycles. The molecule has 1 N–H and O–H groups in total. The molecule has 0 radical (unpaired) electrons. The molecule has 4 heteroatoms. The lowest BCUT2D eigenvalue weighted by atomic mass is 9.77. The summed E-state index contributed by atoms with van der Waals surface area (Å²) in [5.41, 5.74) is 2.76. The molecule has 3 rings (SSSR count). The van der Waals surface area contributed by atoms with Gasteiger partial charge in [-0.3, -0.25) is 0 Å². The number of benzene rings is 1. The van der Waals surface area contributed by atoms with Gasteiger partial charge in [0.05, 0.1) is 5.92 Å². The van der Waals surface area contributed by atoms with Crippen LogP contribution in [0.1, 0.15) is 55.4 Å². The third-order valence-corrected chi connectivity index (χ3v) is 4.20. The van der Waals surface area contributed by atoms with Gasteiger partial charge in [0.15, 0.2) is 5.82 Å². The highest BCUT2D eigenvalue weighted by molar-refractivity contribution is 5.43. The summed E-state index contributed by atoms with van der Waals surface area (Å²) in [7, 11) is 0. The van der Waals surface area contributed by atoms with E-state index < -0.39 is 0 Å². The Bertz CT molecular complexity index is 587. The van der Waals surface area contributed by atoms with Gasteiger partial charge in [-0.15, -0.1) is 0 Å². The lowest BCUT2D eigenvalue weighted by molar-refractivity contribution is 0.346. The minimum atomic E-state index is 0.322. The smallest absolute Gasteiger partial charge is 0.228 e. The SMILES string of the molecule is CCCC(Cc1nc(C2Cc3ccccc32)no1)NCC. The molecular formula is C17H23N3O. The Labute approximate surface area is 126 Å². The number of hydrogen-bond donors (Lipinski definition) is 1. The summed E-state index contributed by atoms with van der Waals surface area (Å²) in [6.45, 7) is 5.31. The van der Waals surface area contributed by atoms with E-state index in [1.54, 1.807) is 0 Å². The molecule has 0 saturated heterocycles. The zero-order chi connectivity index (χ0) is 14.7. The quantitative estimate of drug-likeness (QED) is 0.849. The summed E-state index contributed by atoms with van der Waals surface area (Å²) in [6.07, 6.45) is 4.15. The van der Waals surface area contributed by atoms with Crippen molar-refractivity contribution in [1.82, 2.24) is 15.5 Å². The van der Waals surface area contributed by atoms with E-state index in [9.17, 15) is 0 Å². The predicted molar refractivity (Wildman–Crippen MR) is 82.4 cm³/mol. The van der Waals surface area contributed by atoms with Gasteiger partial charge in [-0.05, 0) is 30.5 Å². The van der Waals surface area contributed by atoms with E-state index in [2.05, 4.69) is 53.6 Å². The molecule has 0 amide bonds. The second kappa shape index (κ2) is 6.39. The zero-order valence-electron chi connectivity index (χ0n) is 12.8. The molecule has 0 aliphatic heterocycles. The number of fused-ring (bicyclic) bond motifs is 1. The number of rotatable bonds is 7. The average molecular weight is 285 g/mol. The summed E-state index contributed by atoms with van der Waals surface area (Å²) in [6, 6.07) is 8.94. The molecule has 1 aromatic carbocycles. The minimum Gasteiger partial charge on any atom is -0.339 e. The van der Waals surface area contributed by atoms with Crippen LogP contribution in [-0.2, 0) is 12.8 Å². The number of likely N-dealkylation sites (N-methyl/N-ethyl adjacent to an activating group) is 1. The summed E-state index contributed by atoms with van der Waals surface area (Å²) in [4.78, 5) is 4.62. The Balaban J connectivity index is 1.67. The van der Waals surface area contributed by atoms with Crippen molar-refractivity contribution in [2.45, 2.75) is 51.5 Å². The van der Waals surface area contributed by atoms with Gasteiger partial charge in [0.2, 0.25) is 5.89 Å². The third-order valence-electron chi connectivity index (χ3n) is 4.20. The van der Waals surface area contributed by atoms with Gasteiger partial charge in [-0.2, -0.15) is 4.98 Å². The van der Waals surface area contributed by atoms with E-state index in [0.29, 0.717) is 12.0 Å². The van der Waals surface area contributed by atoms with Crippen LogP contribution in [0.3, 0.4) is 0 Å². The van der Waals surface area contributed by atoms with Crippen LogP contribution >= 0.6 is 0 Å². The van der Waals surface area contributed by atoms with E-state index in [1.807, 2.05) is 0 Å². The van der Waals surface area contributed by atoms with E-state index in [1.165, 1.54) is 11.1 Å². The molecule has 2 aromatic rings. The number of hydrogen-bond acceptors (Lipinski definition) is 4. The highest BCUT2D eigenvalue weighted by atomic mass is 16.5. The Morgan fingerprint density at radius 2 is 2.19 bits per heavy atom. The van der Waals surface area contributed by atoms with Gasteiger partial charge < -0.3 is 9.84 Å². The van der Waals surface area contributed by atoms with Crippen LogP contribution in [0.15, 0.2) is 28.8 Å². The molecule has 1 aliphatic carbocycles. The van der Waals surface area contributed by atoms with Gasteiger partial charge in [0.25, 0.3) is 0 Å². The fraction of sp³-hybridized carbons (Fsp3) is 0.529. The van der Waals surface area contributed by atoms with E-state index >= 15 is 0 Å². The summed E-state index contributed by atoms with van der Waals surface area (Å²) < 4.78 is 5.46. The minimum absolute atomic E-state index is 0.322. The molecule has 0 bridgehead atoms. The second-order valence-corrected chi connectivity index (χ2v) is 5.75. The normalized spacial score (nSPS) is 18.1. The first-order valence-electron chi connectivity index (χ1n) is 7.95. The maximum absolute atomic E-state index is 5.46. The summed E-state index contributed by atoms with van der Waals surface area (Å²) in [5.74, 6) is 1.92. The van der Waals surface area contributed by atoms with Gasteiger partial charge >= 0.3 is 0 Å². The highest BCUT2D eigenvalue weighted by Gasteiger charge is 2.31. The fourth-order valence-electron chi connectivity index (χ4n) is 3.11. The van der Waals surface area contributed by atoms with Crippen LogP contribution in [0.4, 0.5) is 0 Å². The van der Waals surface area contributed by atoms with Crippen LogP contribution < -0.4 is 5.32 Å². The standard InChI is InChI=1S/C17H23N3O/c1-3-7-13(18-4-2)11-16-19-17(20-21-16)15-10-12-8-5-6-9-14(12)15/h5-6,8-9,13,15,18H,3-4,7,10-11H2,1-2H3. The largest absolute Gasteiger partial charge is 0.339 e. The third kappa shape index (κ3) is 3.00. The van der Waals surface area contributed by atoms with Gasteiger partial charge in [0, 0.05) is 12.5 Å². The first-order chi connectivity index (χ1) is 10.3. The van der Waals surface area contributed by atoms with Crippen molar-refractivity contribution >= 4 is 0 Å². The van der Waals surface area contributed by atoms with Crippen LogP contribution in [-0.4, -0.2) is 22.7 Å². The Hall–Kier alpha value is -1.68. The summed E-state index contributed by atoms with van der Waals surface area (Å²) in [5, 5.41) is 7.68. The Morgan fingerprint density at radius 1 is 1.33 bits per heavy atom. The van der Waals surface area contributed by atoms with Crippen molar-refractivity contribution in [3.63, 3.8) is 0 Å². The van der Waals surface area contributed by atoms with Crippen molar-refractivity contribution in [2.75, 3.05) is 6.54 Å². The van der Waals surface area contributed by atoms with Crippen molar-refractivity contribution in [2.24, 2.45) is 0 Å². The molecule has 0 spiro atoms. The van der Waals surface area contributed by atoms with Crippen molar-refractivity contribution < 1.29 is 4.52 Å². The van der Waals surface area contributed by atoms with E-state index in [-0.39, 0.29) is 0 Å². The average Bonchev–Trinajstić information content (AvgIpc) is 2.89. The molecule has 2 unspecified atom stereocenters. The molecule has 0 fully saturated rings. The first-order valence-corrected chi connectivity index (χ1v) is 7.95. The molecule has 1 aliphatic rings. The zero-order valence-corrected chi connectivity index (χ0v) is 12.8. The molecular weight excluding hydrogens is 262 g/mol. The van der Waals surface area contributed by atoms with Crippen LogP contribution in [0.5, 0.6) is 0 Å². The molecule has 2 atom stereocenters. The van der Waals surface area contributed by atoms with Gasteiger partial charge in [-0.25, -0.2) is 0 Å². The Kier molecular flexibility index (Phi) is 4.34. The monoisotopic (exact) mass is 285 g/mol. The lowest BCUT2D eigenvalue weighted by Gasteiger charge is -2.27. The topological polar surface area (TPSA) is 51.0 Å². The van der Waals surface area contributed by atoms with Crippen LogP contribution in [0.25, 0.3) is 0 Å². The lowest BCUT2D eigenvalue weighted by Crippen LogP contribution is -2.30.